The normalized spacial score (nSPS) is 16.8. The molecule has 0 radical (unpaired) electrons. The van der Waals surface area contributed by atoms with Crippen molar-refractivity contribution in [1.29, 1.82) is 0 Å². The van der Waals surface area contributed by atoms with Gasteiger partial charge in [-0.05, 0) is 36.4 Å². The molecule has 1 fully saturated rings. The van der Waals surface area contributed by atoms with Crippen LogP contribution in [-0.4, -0.2) is 38.5 Å². The van der Waals surface area contributed by atoms with Crippen molar-refractivity contribution in [1.82, 2.24) is 14.7 Å². The van der Waals surface area contributed by atoms with E-state index in [0.29, 0.717) is 37.2 Å². The van der Waals surface area contributed by atoms with Crippen molar-refractivity contribution in [2.24, 2.45) is 0 Å². The molecule has 2 aromatic heterocycles. The van der Waals surface area contributed by atoms with E-state index in [2.05, 4.69) is 5.10 Å². The van der Waals surface area contributed by atoms with Crippen LogP contribution in [0.5, 0.6) is 0 Å². The van der Waals surface area contributed by atoms with Crippen LogP contribution in [0, 0.1) is 11.6 Å². The summed E-state index contributed by atoms with van der Waals surface area (Å²) in [5.41, 5.74) is -0.329. The second-order valence-corrected chi connectivity index (χ2v) is 8.35. The molecule has 1 N–H and O–H groups in total. The highest BCUT2D eigenvalue weighted by atomic mass is 32.1. The molecule has 1 aliphatic heterocycles. The number of piperidine rings is 1. The van der Waals surface area contributed by atoms with Gasteiger partial charge < -0.3 is 5.11 Å². The van der Waals surface area contributed by atoms with E-state index in [1.165, 1.54) is 28.2 Å². The standard InChI is InChI=1S/C21H21F2N3O2S/c22-16-4-1-3-15(20(16)23)13-25-10-8-21(28,9-11-25)14-26-19(27)7-6-17(24-26)18-5-2-12-29-18/h1-7,12,28H,8-11,13-14H2. The molecule has 8 heteroatoms. The van der Waals surface area contributed by atoms with Crippen molar-refractivity contribution in [2.75, 3.05) is 13.1 Å². The molecule has 0 unspecified atom stereocenters. The van der Waals surface area contributed by atoms with Crippen LogP contribution >= 0.6 is 11.3 Å². The fourth-order valence-electron chi connectivity index (χ4n) is 3.59. The van der Waals surface area contributed by atoms with E-state index in [4.69, 9.17) is 0 Å². The van der Waals surface area contributed by atoms with Gasteiger partial charge in [0.1, 0.15) is 5.69 Å². The van der Waals surface area contributed by atoms with E-state index in [9.17, 15) is 18.7 Å². The van der Waals surface area contributed by atoms with Crippen LogP contribution < -0.4 is 5.56 Å². The minimum absolute atomic E-state index is 0.104. The molecule has 3 aromatic rings. The molecule has 29 heavy (non-hydrogen) atoms. The molecule has 4 rings (SSSR count). The molecule has 1 aromatic carbocycles. The topological polar surface area (TPSA) is 58.4 Å². The Kier molecular flexibility index (Phi) is 5.58. The van der Waals surface area contributed by atoms with Crippen LogP contribution in [0.25, 0.3) is 10.6 Å². The van der Waals surface area contributed by atoms with E-state index in [1.807, 2.05) is 22.4 Å². The molecule has 1 aliphatic rings. The maximum absolute atomic E-state index is 13.9. The van der Waals surface area contributed by atoms with Crippen molar-refractivity contribution in [2.45, 2.75) is 31.5 Å². The minimum atomic E-state index is -1.07. The van der Waals surface area contributed by atoms with Crippen LogP contribution in [0.2, 0.25) is 0 Å². The van der Waals surface area contributed by atoms with Gasteiger partial charge in [0, 0.05) is 31.3 Å². The first-order chi connectivity index (χ1) is 13.9. The zero-order valence-corrected chi connectivity index (χ0v) is 16.5. The quantitative estimate of drug-likeness (QED) is 0.692. The third-order valence-electron chi connectivity index (χ3n) is 5.30. The summed E-state index contributed by atoms with van der Waals surface area (Å²) >= 11 is 1.53. The number of thiophene rings is 1. The van der Waals surface area contributed by atoms with Crippen LogP contribution in [0.4, 0.5) is 8.78 Å². The summed E-state index contributed by atoms with van der Waals surface area (Å²) in [5, 5.41) is 17.3. The maximum Gasteiger partial charge on any atom is 0.266 e. The summed E-state index contributed by atoms with van der Waals surface area (Å²) in [5.74, 6) is -1.68. The summed E-state index contributed by atoms with van der Waals surface area (Å²) in [4.78, 5) is 15.2. The molecule has 0 spiro atoms. The number of nitrogens with zero attached hydrogens (tertiary/aromatic N) is 3. The fourth-order valence-corrected chi connectivity index (χ4v) is 4.28. The molecular formula is C21H21F2N3O2S. The summed E-state index contributed by atoms with van der Waals surface area (Å²) in [6.45, 7) is 1.43. The summed E-state index contributed by atoms with van der Waals surface area (Å²) < 4.78 is 28.6. The van der Waals surface area contributed by atoms with Crippen LogP contribution in [-0.2, 0) is 13.1 Å². The Labute approximate surface area is 170 Å². The third kappa shape index (κ3) is 4.44. The lowest BCUT2D eigenvalue weighted by molar-refractivity contribution is -0.0390. The highest BCUT2D eigenvalue weighted by molar-refractivity contribution is 7.13. The first kappa shape index (κ1) is 19.9. The number of benzene rings is 1. The number of aliphatic hydroxyl groups is 1. The highest BCUT2D eigenvalue weighted by Gasteiger charge is 2.33. The lowest BCUT2D eigenvalue weighted by Crippen LogP contribution is -2.48. The van der Waals surface area contributed by atoms with Gasteiger partial charge in [-0.15, -0.1) is 11.3 Å². The van der Waals surface area contributed by atoms with E-state index in [1.54, 1.807) is 12.1 Å². The lowest BCUT2D eigenvalue weighted by Gasteiger charge is -2.38. The predicted octanol–water partition coefficient (Wildman–Crippen LogP) is 3.28. The van der Waals surface area contributed by atoms with Crippen LogP contribution in [0.15, 0.2) is 52.6 Å². The third-order valence-corrected chi connectivity index (χ3v) is 6.19. The predicted molar refractivity (Wildman–Crippen MR) is 108 cm³/mol. The van der Waals surface area contributed by atoms with Crippen molar-refractivity contribution < 1.29 is 13.9 Å². The Bertz CT molecular complexity index is 1040. The number of hydrogen-bond acceptors (Lipinski definition) is 5. The van der Waals surface area contributed by atoms with Gasteiger partial charge in [-0.1, -0.05) is 18.2 Å². The summed E-state index contributed by atoms with van der Waals surface area (Å²) in [7, 11) is 0. The molecular weight excluding hydrogens is 396 g/mol. The Hall–Kier alpha value is -2.42. The first-order valence-electron chi connectivity index (χ1n) is 9.43. The number of rotatable bonds is 5. The molecule has 0 atom stereocenters. The summed E-state index contributed by atoms with van der Waals surface area (Å²) in [6.07, 6.45) is 0.836. The van der Waals surface area contributed by atoms with Gasteiger partial charge in [0.15, 0.2) is 11.6 Å². The monoisotopic (exact) mass is 417 g/mol. The van der Waals surface area contributed by atoms with Crippen molar-refractivity contribution in [3.8, 4) is 10.6 Å². The van der Waals surface area contributed by atoms with Crippen LogP contribution in [0.3, 0.4) is 0 Å². The Morgan fingerprint density at radius 2 is 1.90 bits per heavy atom. The molecule has 1 saturated heterocycles. The Morgan fingerprint density at radius 1 is 1.10 bits per heavy atom. The molecule has 5 nitrogen and oxygen atoms in total. The van der Waals surface area contributed by atoms with Crippen LogP contribution in [0.1, 0.15) is 18.4 Å². The van der Waals surface area contributed by atoms with Gasteiger partial charge in [0.05, 0.1) is 17.0 Å². The van der Waals surface area contributed by atoms with Crippen molar-refractivity contribution in [3.05, 3.63) is 75.4 Å². The van der Waals surface area contributed by atoms with Crippen molar-refractivity contribution >= 4 is 11.3 Å². The van der Waals surface area contributed by atoms with E-state index in [-0.39, 0.29) is 18.6 Å². The second kappa shape index (κ2) is 8.14. The molecule has 0 bridgehead atoms. The van der Waals surface area contributed by atoms with Gasteiger partial charge in [0.2, 0.25) is 0 Å². The SMILES string of the molecule is O=c1ccc(-c2cccs2)nn1CC1(O)CCN(Cc2cccc(F)c2F)CC1. The van der Waals surface area contributed by atoms with Gasteiger partial charge in [-0.25, -0.2) is 13.5 Å². The fraction of sp³-hybridized carbons (Fsp3) is 0.333. The Balaban J connectivity index is 1.43. The molecule has 0 aliphatic carbocycles. The van der Waals surface area contributed by atoms with Gasteiger partial charge in [-0.2, -0.15) is 5.10 Å². The number of hydrogen-bond donors (Lipinski definition) is 1. The number of halogens is 2. The minimum Gasteiger partial charge on any atom is -0.388 e. The molecule has 3 heterocycles. The average Bonchev–Trinajstić information content (AvgIpc) is 3.24. The lowest BCUT2D eigenvalue weighted by atomic mass is 9.91. The van der Waals surface area contributed by atoms with Gasteiger partial charge in [0.25, 0.3) is 5.56 Å². The zero-order valence-electron chi connectivity index (χ0n) is 15.7. The van der Waals surface area contributed by atoms with Gasteiger partial charge >= 0.3 is 0 Å². The second-order valence-electron chi connectivity index (χ2n) is 7.41. The highest BCUT2D eigenvalue weighted by Crippen LogP contribution is 2.26. The number of aromatic nitrogens is 2. The molecule has 0 saturated carbocycles. The molecule has 0 amide bonds. The Morgan fingerprint density at radius 3 is 2.62 bits per heavy atom. The largest absolute Gasteiger partial charge is 0.388 e. The smallest absolute Gasteiger partial charge is 0.266 e. The van der Waals surface area contributed by atoms with E-state index >= 15 is 0 Å². The first-order valence-corrected chi connectivity index (χ1v) is 10.3. The maximum atomic E-state index is 13.9. The summed E-state index contributed by atoms with van der Waals surface area (Å²) in [6, 6.07) is 11.2. The average molecular weight is 417 g/mol. The van der Waals surface area contributed by atoms with E-state index < -0.39 is 17.2 Å². The number of likely N-dealkylation sites (tertiary alicyclic amines) is 1. The van der Waals surface area contributed by atoms with Gasteiger partial charge in [-0.3, -0.25) is 9.69 Å². The van der Waals surface area contributed by atoms with Crippen molar-refractivity contribution in [3.63, 3.8) is 0 Å². The van der Waals surface area contributed by atoms with E-state index in [0.717, 1.165) is 10.9 Å². The molecule has 152 valence electrons. The zero-order chi connectivity index (χ0) is 20.4.